The Labute approximate surface area is 73.5 Å². The van der Waals surface area contributed by atoms with Gasteiger partial charge in [-0.15, -0.1) is 0 Å². The van der Waals surface area contributed by atoms with Gasteiger partial charge in [-0.25, -0.2) is 0 Å². The molecule has 0 aromatic carbocycles. The van der Waals surface area contributed by atoms with Gasteiger partial charge in [0.15, 0.2) is 0 Å². The minimum atomic E-state index is 1.14. The Hall–Kier alpha value is -1.11. The summed E-state index contributed by atoms with van der Waals surface area (Å²) in [4.78, 5) is 4.23. The summed E-state index contributed by atoms with van der Waals surface area (Å²) in [6, 6.07) is 4.09. The highest BCUT2D eigenvalue weighted by Crippen LogP contribution is 1.92. The molecule has 2 rings (SSSR count). The third-order valence-electron chi connectivity index (χ3n) is 1.74. The maximum Gasteiger partial charge on any atom is 0.0659 e. The maximum atomic E-state index is 4.23. The summed E-state index contributed by atoms with van der Waals surface area (Å²) < 4.78 is 0. The van der Waals surface area contributed by atoms with Crippen molar-refractivity contribution < 1.29 is 0 Å². The molecule has 1 heterocycles. The molecule has 0 spiro atoms. The molecule has 0 radical (unpaired) electrons. The van der Waals surface area contributed by atoms with Crippen LogP contribution < -0.4 is 10.6 Å². The van der Waals surface area contributed by atoms with Crippen LogP contribution in [0.25, 0.3) is 12.2 Å². The van der Waals surface area contributed by atoms with Gasteiger partial charge in [0.25, 0.3) is 0 Å². The van der Waals surface area contributed by atoms with E-state index in [1.54, 1.807) is 0 Å². The molecule has 0 saturated heterocycles. The molecule has 1 heteroatoms. The van der Waals surface area contributed by atoms with Crippen molar-refractivity contribution in [2.45, 2.75) is 26.7 Å². The van der Waals surface area contributed by atoms with Gasteiger partial charge in [-0.2, -0.15) is 0 Å². The number of fused-ring (bicyclic) bond motifs is 1. The van der Waals surface area contributed by atoms with Crippen LogP contribution in [0.15, 0.2) is 18.3 Å². The lowest BCUT2D eigenvalue weighted by molar-refractivity contribution is 1.08. The molecule has 1 aromatic rings. The van der Waals surface area contributed by atoms with E-state index < -0.39 is 0 Å². The minimum absolute atomic E-state index is 1.14. The van der Waals surface area contributed by atoms with E-state index in [0.29, 0.717) is 0 Å². The van der Waals surface area contributed by atoms with Gasteiger partial charge in [0.2, 0.25) is 0 Å². The van der Waals surface area contributed by atoms with E-state index in [-0.39, 0.29) is 0 Å². The number of nitrogens with zero attached hydrogens (tertiary/aromatic N) is 1. The second-order valence-corrected chi connectivity index (χ2v) is 2.46. The van der Waals surface area contributed by atoms with Crippen LogP contribution in [-0.2, 0) is 0 Å². The van der Waals surface area contributed by atoms with Crippen molar-refractivity contribution in [2.75, 3.05) is 0 Å². The topological polar surface area (TPSA) is 12.9 Å². The van der Waals surface area contributed by atoms with Crippen molar-refractivity contribution in [2.24, 2.45) is 0 Å². The maximum absolute atomic E-state index is 4.23. The fourth-order valence-corrected chi connectivity index (χ4v) is 1.23. The van der Waals surface area contributed by atoms with E-state index in [0.717, 1.165) is 11.8 Å². The van der Waals surface area contributed by atoms with Crippen molar-refractivity contribution >= 4 is 12.2 Å². The van der Waals surface area contributed by atoms with Crippen LogP contribution >= 0.6 is 0 Å². The van der Waals surface area contributed by atoms with Crippen molar-refractivity contribution in [3.63, 3.8) is 0 Å². The Kier molecular flexibility index (Phi) is 3.52. The van der Waals surface area contributed by atoms with E-state index in [9.17, 15) is 0 Å². The van der Waals surface area contributed by atoms with Gasteiger partial charge >= 0.3 is 0 Å². The molecule has 1 aliphatic carbocycles. The standard InChI is InChI=1S/C9H9N.C2H6/c1-2-6-9-8(4-1)5-3-7-10-9;1-2/h3-7H,1-2H2;1-2H3. The largest absolute Gasteiger partial charge is 0.257 e. The summed E-state index contributed by atoms with van der Waals surface area (Å²) in [5.74, 6) is 0. The highest BCUT2D eigenvalue weighted by Gasteiger charge is 1.90. The van der Waals surface area contributed by atoms with Crippen LogP contribution in [0.3, 0.4) is 0 Å². The number of pyridine rings is 1. The predicted molar refractivity (Wildman–Crippen MR) is 53.0 cm³/mol. The van der Waals surface area contributed by atoms with Crippen molar-refractivity contribution in [1.82, 2.24) is 4.98 Å². The van der Waals surface area contributed by atoms with Crippen molar-refractivity contribution in [1.29, 1.82) is 0 Å². The molecule has 0 saturated carbocycles. The molecular weight excluding hydrogens is 146 g/mol. The quantitative estimate of drug-likeness (QED) is 0.561. The Morgan fingerprint density at radius 1 is 1.17 bits per heavy atom. The number of rotatable bonds is 0. The van der Waals surface area contributed by atoms with Crippen LogP contribution in [-0.4, -0.2) is 4.98 Å². The number of hydrogen-bond donors (Lipinski definition) is 0. The Bertz CT molecular complexity index is 303. The summed E-state index contributed by atoms with van der Waals surface area (Å²) in [6.07, 6.45) is 8.58. The molecule has 0 atom stereocenters. The normalized spacial score (nSPS) is 12.8. The fraction of sp³-hybridized carbons (Fsp3) is 0.364. The average molecular weight is 161 g/mol. The summed E-state index contributed by atoms with van der Waals surface area (Å²) in [6.45, 7) is 4.00. The molecule has 0 amide bonds. The lowest BCUT2D eigenvalue weighted by Crippen LogP contribution is -2.28. The van der Waals surface area contributed by atoms with Gasteiger partial charge in [0, 0.05) is 6.20 Å². The molecule has 0 unspecified atom stereocenters. The highest BCUT2D eigenvalue weighted by atomic mass is 14.6. The Balaban J connectivity index is 0.000000336. The van der Waals surface area contributed by atoms with Crippen LogP contribution in [0.1, 0.15) is 26.7 Å². The van der Waals surface area contributed by atoms with Crippen LogP contribution in [0.4, 0.5) is 0 Å². The zero-order valence-electron chi connectivity index (χ0n) is 7.75. The summed E-state index contributed by atoms with van der Waals surface area (Å²) in [5, 5.41) is 2.43. The van der Waals surface area contributed by atoms with E-state index >= 15 is 0 Å². The number of hydrogen-bond acceptors (Lipinski definition) is 1. The molecule has 0 bridgehead atoms. The summed E-state index contributed by atoms with van der Waals surface area (Å²) >= 11 is 0. The van der Waals surface area contributed by atoms with Crippen LogP contribution in [0.5, 0.6) is 0 Å². The zero-order chi connectivity index (χ0) is 8.81. The fourth-order valence-electron chi connectivity index (χ4n) is 1.23. The van der Waals surface area contributed by atoms with Crippen LogP contribution in [0, 0.1) is 0 Å². The van der Waals surface area contributed by atoms with Crippen LogP contribution in [0.2, 0.25) is 0 Å². The van der Waals surface area contributed by atoms with Gasteiger partial charge in [0.1, 0.15) is 0 Å². The minimum Gasteiger partial charge on any atom is -0.257 e. The molecule has 12 heavy (non-hydrogen) atoms. The number of aromatic nitrogens is 1. The zero-order valence-corrected chi connectivity index (χ0v) is 7.75. The van der Waals surface area contributed by atoms with Gasteiger partial charge < -0.3 is 0 Å². The van der Waals surface area contributed by atoms with Gasteiger partial charge in [-0.3, -0.25) is 4.98 Å². The lowest BCUT2D eigenvalue weighted by atomic mass is 10.1. The molecule has 0 N–H and O–H groups in total. The molecule has 1 aromatic heterocycles. The molecule has 0 aliphatic heterocycles. The van der Waals surface area contributed by atoms with E-state index in [2.05, 4.69) is 23.2 Å². The van der Waals surface area contributed by atoms with E-state index in [4.69, 9.17) is 0 Å². The smallest absolute Gasteiger partial charge is 0.0659 e. The summed E-state index contributed by atoms with van der Waals surface area (Å²) in [5.41, 5.74) is 0. The molecule has 64 valence electrons. The first-order valence-corrected chi connectivity index (χ1v) is 4.58. The molecule has 0 fully saturated rings. The van der Waals surface area contributed by atoms with Gasteiger partial charge in [0.05, 0.1) is 5.35 Å². The predicted octanol–water partition coefficient (Wildman–Crippen LogP) is 1.46. The third kappa shape index (κ3) is 1.94. The SMILES string of the molecule is C1=c2cccnc2=CCC1.CC. The molecule has 1 nitrogen and oxygen atoms in total. The van der Waals surface area contributed by atoms with Gasteiger partial charge in [-0.05, 0) is 24.1 Å². The Morgan fingerprint density at radius 3 is 2.67 bits per heavy atom. The second kappa shape index (κ2) is 4.70. The first-order valence-electron chi connectivity index (χ1n) is 4.58. The Morgan fingerprint density at radius 2 is 1.92 bits per heavy atom. The lowest BCUT2D eigenvalue weighted by Gasteiger charge is -1.95. The summed E-state index contributed by atoms with van der Waals surface area (Å²) in [7, 11) is 0. The van der Waals surface area contributed by atoms with E-state index in [1.807, 2.05) is 26.1 Å². The van der Waals surface area contributed by atoms with Gasteiger partial charge in [-0.1, -0.05) is 32.1 Å². The first-order chi connectivity index (χ1) is 5.97. The van der Waals surface area contributed by atoms with E-state index in [1.165, 1.54) is 11.6 Å². The first kappa shape index (κ1) is 8.98. The monoisotopic (exact) mass is 161 g/mol. The third-order valence-corrected chi connectivity index (χ3v) is 1.74. The second-order valence-electron chi connectivity index (χ2n) is 2.46. The van der Waals surface area contributed by atoms with Crippen molar-refractivity contribution in [3.05, 3.63) is 28.9 Å². The molecular formula is C11H15N. The average Bonchev–Trinajstić information content (AvgIpc) is 2.21. The highest BCUT2D eigenvalue weighted by molar-refractivity contribution is 5.34. The molecule has 1 aliphatic rings. The van der Waals surface area contributed by atoms with Crippen molar-refractivity contribution in [3.8, 4) is 0 Å².